The van der Waals surface area contributed by atoms with Gasteiger partial charge in [-0.2, -0.15) is 0 Å². The molecule has 22 heavy (non-hydrogen) atoms. The maximum atomic E-state index is 12.7. The van der Waals surface area contributed by atoms with Crippen LogP contribution in [0.3, 0.4) is 0 Å². The van der Waals surface area contributed by atoms with Crippen molar-refractivity contribution in [2.24, 2.45) is 5.92 Å². The average Bonchev–Trinajstić information content (AvgIpc) is 2.95. The molecule has 3 aliphatic rings. The summed E-state index contributed by atoms with van der Waals surface area (Å²) >= 11 is 0. The Bertz CT molecular complexity index is 571. The second kappa shape index (κ2) is 5.34. The molecule has 1 N–H and O–H groups in total. The first-order valence-corrected chi connectivity index (χ1v) is 8.10. The second-order valence-electron chi connectivity index (χ2n) is 6.47. The van der Waals surface area contributed by atoms with Crippen molar-refractivity contribution in [2.75, 3.05) is 26.2 Å². The summed E-state index contributed by atoms with van der Waals surface area (Å²) in [6.45, 7) is 2.95. The van der Waals surface area contributed by atoms with Crippen LogP contribution in [-0.2, 0) is 4.79 Å². The highest BCUT2D eigenvalue weighted by atomic mass is 16.3. The molecule has 1 aliphatic carbocycles. The predicted octanol–water partition coefficient (Wildman–Crippen LogP) is 1.40. The molecule has 3 amide bonds. The summed E-state index contributed by atoms with van der Waals surface area (Å²) in [4.78, 5) is 28.3. The van der Waals surface area contributed by atoms with Crippen molar-refractivity contribution in [3.63, 3.8) is 0 Å². The van der Waals surface area contributed by atoms with E-state index in [4.69, 9.17) is 4.42 Å². The Labute approximate surface area is 129 Å². The van der Waals surface area contributed by atoms with Crippen LogP contribution < -0.4 is 5.32 Å². The lowest BCUT2D eigenvalue weighted by atomic mass is 10.0. The number of amides is 3. The number of furan rings is 1. The molecule has 4 rings (SSSR count). The van der Waals surface area contributed by atoms with E-state index in [-0.39, 0.29) is 29.8 Å². The van der Waals surface area contributed by atoms with Crippen LogP contribution in [-0.4, -0.2) is 54.0 Å². The maximum Gasteiger partial charge on any atom is 0.317 e. The van der Waals surface area contributed by atoms with Crippen molar-refractivity contribution in [1.29, 1.82) is 0 Å². The Kier molecular flexibility index (Phi) is 3.32. The number of nitrogens with zero attached hydrogens (tertiary/aromatic N) is 2. The summed E-state index contributed by atoms with van der Waals surface area (Å²) in [7, 11) is 0. The molecule has 3 unspecified atom stereocenters. The Morgan fingerprint density at radius 1 is 1.36 bits per heavy atom. The normalized spacial score (nSPS) is 31.3. The van der Waals surface area contributed by atoms with E-state index in [9.17, 15) is 9.59 Å². The molecule has 0 spiro atoms. The standard InChI is InChI=1S/C16H21N3O3/c20-15(13-9-12(13)14-4-2-8-22-14)18-6-1-3-11(10-18)19-7-5-17-16(19)21/h2,4,8,11-13H,1,3,5-7,9-10H2,(H,17,21). The molecule has 0 radical (unpaired) electrons. The summed E-state index contributed by atoms with van der Waals surface area (Å²) in [5.74, 6) is 1.46. The van der Waals surface area contributed by atoms with Gasteiger partial charge in [0.25, 0.3) is 0 Å². The number of piperidine rings is 1. The molecule has 1 aromatic rings. The van der Waals surface area contributed by atoms with E-state index in [2.05, 4.69) is 5.32 Å². The van der Waals surface area contributed by atoms with Crippen molar-refractivity contribution < 1.29 is 14.0 Å². The van der Waals surface area contributed by atoms with Gasteiger partial charge in [0.15, 0.2) is 0 Å². The number of rotatable bonds is 3. The zero-order valence-electron chi connectivity index (χ0n) is 12.5. The lowest BCUT2D eigenvalue weighted by molar-refractivity contribution is -0.134. The Morgan fingerprint density at radius 3 is 3.00 bits per heavy atom. The molecule has 118 valence electrons. The maximum absolute atomic E-state index is 12.7. The van der Waals surface area contributed by atoms with Gasteiger partial charge < -0.3 is 19.5 Å². The smallest absolute Gasteiger partial charge is 0.317 e. The highest BCUT2D eigenvalue weighted by molar-refractivity contribution is 5.83. The van der Waals surface area contributed by atoms with Gasteiger partial charge in [-0.05, 0) is 31.4 Å². The molecular weight excluding hydrogens is 282 g/mol. The molecule has 3 atom stereocenters. The Morgan fingerprint density at radius 2 is 2.27 bits per heavy atom. The van der Waals surface area contributed by atoms with Crippen LogP contribution in [0.4, 0.5) is 4.79 Å². The SMILES string of the molecule is O=C(C1CC1c1ccco1)N1CCCC(N2CCNC2=O)C1. The molecular formula is C16H21N3O3. The third-order valence-electron chi connectivity index (χ3n) is 5.06. The van der Waals surface area contributed by atoms with Crippen LogP contribution in [0.25, 0.3) is 0 Å². The number of nitrogens with one attached hydrogen (secondary N) is 1. The molecule has 6 nitrogen and oxygen atoms in total. The van der Waals surface area contributed by atoms with Crippen LogP contribution in [0.5, 0.6) is 0 Å². The summed E-state index contributed by atoms with van der Waals surface area (Å²) in [6, 6.07) is 4.00. The van der Waals surface area contributed by atoms with Gasteiger partial charge in [-0.1, -0.05) is 0 Å². The highest BCUT2D eigenvalue weighted by Crippen LogP contribution is 2.48. The van der Waals surface area contributed by atoms with Crippen molar-refractivity contribution >= 4 is 11.9 Å². The molecule has 0 aromatic carbocycles. The van der Waals surface area contributed by atoms with Gasteiger partial charge in [0, 0.05) is 38.0 Å². The summed E-state index contributed by atoms with van der Waals surface area (Å²) in [5, 5.41) is 2.84. The molecule has 2 aliphatic heterocycles. The van der Waals surface area contributed by atoms with Crippen LogP contribution >= 0.6 is 0 Å². The van der Waals surface area contributed by atoms with E-state index in [1.165, 1.54) is 0 Å². The van der Waals surface area contributed by atoms with Gasteiger partial charge in [-0.15, -0.1) is 0 Å². The fourth-order valence-corrected chi connectivity index (χ4v) is 3.76. The number of likely N-dealkylation sites (tertiary alicyclic amines) is 1. The molecule has 3 fully saturated rings. The van der Waals surface area contributed by atoms with E-state index in [1.54, 1.807) is 6.26 Å². The quantitative estimate of drug-likeness (QED) is 0.918. The molecule has 1 saturated carbocycles. The van der Waals surface area contributed by atoms with Gasteiger partial charge >= 0.3 is 6.03 Å². The average molecular weight is 303 g/mol. The Balaban J connectivity index is 1.38. The lowest BCUT2D eigenvalue weighted by Gasteiger charge is -2.37. The van der Waals surface area contributed by atoms with Gasteiger partial charge in [-0.25, -0.2) is 4.79 Å². The van der Waals surface area contributed by atoms with Gasteiger partial charge in [0.1, 0.15) is 5.76 Å². The lowest BCUT2D eigenvalue weighted by Crippen LogP contribution is -2.51. The van der Waals surface area contributed by atoms with E-state index < -0.39 is 0 Å². The zero-order valence-corrected chi connectivity index (χ0v) is 12.5. The largest absolute Gasteiger partial charge is 0.469 e. The number of urea groups is 1. The molecule has 1 aromatic heterocycles. The molecule has 0 bridgehead atoms. The first kappa shape index (κ1) is 13.7. The van der Waals surface area contributed by atoms with Crippen LogP contribution in [0.2, 0.25) is 0 Å². The van der Waals surface area contributed by atoms with E-state index in [1.807, 2.05) is 21.9 Å². The van der Waals surface area contributed by atoms with Gasteiger partial charge in [0.05, 0.1) is 12.3 Å². The monoisotopic (exact) mass is 303 g/mol. The first-order chi connectivity index (χ1) is 10.7. The highest BCUT2D eigenvalue weighted by Gasteiger charge is 2.48. The minimum atomic E-state index is 0.0131. The number of carbonyl (C=O) groups is 2. The van der Waals surface area contributed by atoms with Crippen LogP contribution in [0.1, 0.15) is 30.9 Å². The van der Waals surface area contributed by atoms with Gasteiger partial charge in [0.2, 0.25) is 5.91 Å². The minimum absolute atomic E-state index is 0.0131. The van der Waals surface area contributed by atoms with Crippen LogP contribution in [0, 0.1) is 5.92 Å². The fourth-order valence-electron chi connectivity index (χ4n) is 3.76. The first-order valence-electron chi connectivity index (χ1n) is 8.10. The summed E-state index contributed by atoms with van der Waals surface area (Å²) in [6.07, 6.45) is 4.51. The third kappa shape index (κ3) is 2.36. The molecule has 3 heterocycles. The summed E-state index contributed by atoms with van der Waals surface area (Å²) < 4.78 is 5.41. The van der Waals surface area contributed by atoms with E-state index >= 15 is 0 Å². The molecule has 2 saturated heterocycles. The molecule has 6 heteroatoms. The van der Waals surface area contributed by atoms with Gasteiger partial charge in [-0.3, -0.25) is 4.79 Å². The van der Waals surface area contributed by atoms with Crippen molar-refractivity contribution in [2.45, 2.75) is 31.2 Å². The van der Waals surface area contributed by atoms with Crippen molar-refractivity contribution in [3.8, 4) is 0 Å². The van der Waals surface area contributed by atoms with E-state index in [0.717, 1.165) is 38.1 Å². The number of hydrogen-bond donors (Lipinski definition) is 1. The predicted molar refractivity (Wildman–Crippen MR) is 79.3 cm³/mol. The number of carbonyl (C=O) groups excluding carboxylic acids is 2. The number of hydrogen-bond acceptors (Lipinski definition) is 3. The fraction of sp³-hybridized carbons (Fsp3) is 0.625. The summed E-state index contributed by atoms with van der Waals surface area (Å²) in [5.41, 5.74) is 0. The Hall–Kier alpha value is -1.98. The van der Waals surface area contributed by atoms with E-state index in [0.29, 0.717) is 13.1 Å². The van der Waals surface area contributed by atoms with Crippen molar-refractivity contribution in [3.05, 3.63) is 24.2 Å². The second-order valence-corrected chi connectivity index (χ2v) is 6.47. The zero-order chi connectivity index (χ0) is 15.1. The van der Waals surface area contributed by atoms with Crippen molar-refractivity contribution in [1.82, 2.24) is 15.1 Å². The minimum Gasteiger partial charge on any atom is -0.469 e. The van der Waals surface area contributed by atoms with Crippen LogP contribution in [0.15, 0.2) is 22.8 Å². The topological polar surface area (TPSA) is 65.8 Å². The third-order valence-corrected chi connectivity index (χ3v) is 5.06.